The molecule has 0 aromatic heterocycles. The number of hydrogen-bond donors (Lipinski definition) is 0. The van der Waals surface area contributed by atoms with Crippen LogP contribution >= 0.6 is 0 Å². The van der Waals surface area contributed by atoms with Crippen LogP contribution in [-0.4, -0.2) is 37.2 Å². The average Bonchev–Trinajstić information content (AvgIpc) is 3.44. The molecule has 0 aliphatic rings. The normalized spacial score (nSPS) is 12.1. The Morgan fingerprint density at radius 1 is 0.244 bits per heavy atom. The highest BCUT2D eigenvalue weighted by Gasteiger charge is 2.19. The van der Waals surface area contributed by atoms with Gasteiger partial charge in [0, 0.05) is 19.3 Å². The molecule has 0 saturated heterocycles. The fourth-order valence-corrected chi connectivity index (χ4v) is 10.8. The van der Waals surface area contributed by atoms with Crippen molar-refractivity contribution in [1.29, 1.82) is 0 Å². The number of carbonyl (C=O) groups is 3. The number of hydrogen-bond acceptors (Lipinski definition) is 6. The first-order valence-electron chi connectivity index (χ1n) is 35.3. The predicted octanol–water partition coefficient (Wildman–Crippen LogP) is 24.2. The average molecular weight is 1100 g/mol. The largest absolute Gasteiger partial charge is 0.462 e. The number of allylic oxidation sites excluding steroid dienone is 4. The standard InChI is InChI=1S/C72H136O6/c1-4-7-10-13-16-19-22-25-28-31-33-34-35-36-37-38-39-42-44-47-50-53-56-59-62-65-71(74)77-68-69(67-76-70(73)64-61-58-55-52-49-46-43-40-30-27-24-21-18-15-12-9-6-3)78-72(75)66-63-60-57-54-51-48-45-41-32-29-26-23-20-17-14-11-8-5-2/h29,31-33,69H,4-28,30,34-68H2,1-3H3/b32-29-,33-31-. The Hall–Kier alpha value is -2.11. The number of ether oxygens (including phenoxy) is 3. The molecule has 0 radical (unpaired) electrons. The Balaban J connectivity index is 4.27. The van der Waals surface area contributed by atoms with E-state index >= 15 is 0 Å². The van der Waals surface area contributed by atoms with E-state index in [1.807, 2.05) is 0 Å². The zero-order valence-electron chi connectivity index (χ0n) is 53.0. The van der Waals surface area contributed by atoms with Crippen LogP contribution in [0.3, 0.4) is 0 Å². The van der Waals surface area contributed by atoms with Gasteiger partial charge in [-0.05, 0) is 70.6 Å². The summed E-state index contributed by atoms with van der Waals surface area (Å²) in [6.07, 6.45) is 82.0. The summed E-state index contributed by atoms with van der Waals surface area (Å²) in [4.78, 5) is 38.4. The van der Waals surface area contributed by atoms with Gasteiger partial charge in [-0.2, -0.15) is 0 Å². The van der Waals surface area contributed by atoms with Crippen LogP contribution in [0.2, 0.25) is 0 Å². The molecule has 6 heteroatoms. The first-order chi connectivity index (χ1) is 38.5. The van der Waals surface area contributed by atoms with E-state index in [2.05, 4.69) is 45.1 Å². The third-order valence-electron chi connectivity index (χ3n) is 16.2. The Morgan fingerprint density at radius 3 is 0.641 bits per heavy atom. The summed E-state index contributed by atoms with van der Waals surface area (Å²) >= 11 is 0. The van der Waals surface area contributed by atoms with Gasteiger partial charge in [0.2, 0.25) is 0 Å². The second-order valence-corrected chi connectivity index (χ2v) is 24.1. The van der Waals surface area contributed by atoms with Crippen molar-refractivity contribution in [3.8, 4) is 0 Å². The molecule has 1 atom stereocenters. The molecule has 78 heavy (non-hydrogen) atoms. The van der Waals surface area contributed by atoms with Gasteiger partial charge in [0.05, 0.1) is 0 Å². The molecular formula is C72H136O6. The molecular weight excluding hydrogens is 961 g/mol. The Morgan fingerprint density at radius 2 is 0.423 bits per heavy atom. The number of unbranched alkanes of at least 4 members (excludes halogenated alkanes) is 51. The van der Waals surface area contributed by atoms with Crippen LogP contribution in [-0.2, 0) is 28.6 Å². The second-order valence-electron chi connectivity index (χ2n) is 24.1. The van der Waals surface area contributed by atoms with E-state index in [1.165, 1.54) is 302 Å². The van der Waals surface area contributed by atoms with Crippen molar-refractivity contribution in [2.45, 2.75) is 406 Å². The topological polar surface area (TPSA) is 78.9 Å². The van der Waals surface area contributed by atoms with E-state index in [4.69, 9.17) is 14.2 Å². The third-order valence-corrected chi connectivity index (χ3v) is 16.2. The molecule has 0 heterocycles. The Labute approximate surface area is 487 Å². The van der Waals surface area contributed by atoms with Crippen molar-refractivity contribution in [2.75, 3.05) is 13.2 Å². The van der Waals surface area contributed by atoms with Crippen molar-refractivity contribution in [3.05, 3.63) is 24.3 Å². The van der Waals surface area contributed by atoms with Crippen LogP contribution in [0.4, 0.5) is 0 Å². The highest BCUT2D eigenvalue weighted by molar-refractivity contribution is 5.71. The second kappa shape index (κ2) is 67.4. The summed E-state index contributed by atoms with van der Waals surface area (Å²) in [7, 11) is 0. The molecule has 0 amide bonds. The van der Waals surface area contributed by atoms with E-state index < -0.39 is 6.10 Å². The molecule has 0 aliphatic heterocycles. The minimum atomic E-state index is -0.771. The molecule has 1 unspecified atom stereocenters. The summed E-state index contributed by atoms with van der Waals surface area (Å²) in [6.45, 7) is 6.72. The molecule has 0 fully saturated rings. The summed E-state index contributed by atoms with van der Waals surface area (Å²) in [5.41, 5.74) is 0. The lowest BCUT2D eigenvalue weighted by molar-refractivity contribution is -0.167. The molecule has 0 N–H and O–H groups in total. The first-order valence-corrected chi connectivity index (χ1v) is 35.3. The minimum Gasteiger partial charge on any atom is -0.462 e. The van der Waals surface area contributed by atoms with Crippen LogP contribution < -0.4 is 0 Å². The van der Waals surface area contributed by atoms with Crippen molar-refractivity contribution in [1.82, 2.24) is 0 Å². The zero-order chi connectivity index (χ0) is 56.4. The van der Waals surface area contributed by atoms with E-state index in [9.17, 15) is 14.4 Å². The van der Waals surface area contributed by atoms with E-state index in [1.54, 1.807) is 0 Å². The lowest BCUT2D eigenvalue weighted by atomic mass is 10.0. The predicted molar refractivity (Wildman–Crippen MR) is 340 cm³/mol. The number of carbonyl (C=O) groups excluding carboxylic acids is 3. The fraction of sp³-hybridized carbons (Fsp3) is 0.903. The van der Waals surface area contributed by atoms with Gasteiger partial charge in [-0.1, -0.05) is 334 Å². The van der Waals surface area contributed by atoms with Crippen LogP contribution in [0.1, 0.15) is 400 Å². The highest BCUT2D eigenvalue weighted by atomic mass is 16.6. The fourth-order valence-electron chi connectivity index (χ4n) is 10.8. The van der Waals surface area contributed by atoms with Crippen LogP contribution in [0.5, 0.6) is 0 Å². The smallest absolute Gasteiger partial charge is 0.306 e. The monoisotopic (exact) mass is 1100 g/mol. The molecule has 0 aliphatic carbocycles. The van der Waals surface area contributed by atoms with Crippen LogP contribution in [0.25, 0.3) is 0 Å². The quantitative estimate of drug-likeness (QED) is 0.0261. The van der Waals surface area contributed by atoms with Gasteiger partial charge in [0.25, 0.3) is 0 Å². The van der Waals surface area contributed by atoms with Crippen molar-refractivity contribution < 1.29 is 28.6 Å². The molecule has 0 spiro atoms. The maximum atomic E-state index is 12.9. The van der Waals surface area contributed by atoms with Crippen molar-refractivity contribution in [3.63, 3.8) is 0 Å². The van der Waals surface area contributed by atoms with Crippen molar-refractivity contribution >= 4 is 17.9 Å². The van der Waals surface area contributed by atoms with E-state index in [0.29, 0.717) is 19.3 Å². The Kier molecular flexibility index (Phi) is 65.6. The zero-order valence-corrected chi connectivity index (χ0v) is 53.0. The van der Waals surface area contributed by atoms with Gasteiger partial charge in [0.1, 0.15) is 13.2 Å². The van der Waals surface area contributed by atoms with Gasteiger partial charge >= 0.3 is 17.9 Å². The summed E-state index contributed by atoms with van der Waals surface area (Å²) in [5, 5.41) is 0. The maximum Gasteiger partial charge on any atom is 0.306 e. The number of esters is 3. The molecule has 6 nitrogen and oxygen atoms in total. The lowest BCUT2D eigenvalue weighted by Crippen LogP contribution is -2.30. The van der Waals surface area contributed by atoms with Crippen molar-refractivity contribution in [2.24, 2.45) is 0 Å². The molecule has 0 rings (SSSR count). The van der Waals surface area contributed by atoms with E-state index in [-0.39, 0.29) is 31.1 Å². The lowest BCUT2D eigenvalue weighted by Gasteiger charge is -2.18. The van der Waals surface area contributed by atoms with Gasteiger partial charge in [-0.15, -0.1) is 0 Å². The third kappa shape index (κ3) is 64.7. The van der Waals surface area contributed by atoms with Gasteiger partial charge < -0.3 is 14.2 Å². The maximum absolute atomic E-state index is 12.9. The molecule has 0 saturated carbocycles. The molecule has 0 aromatic carbocycles. The Bertz CT molecular complexity index is 1260. The van der Waals surface area contributed by atoms with Crippen LogP contribution in [0, 0.1) is 0 Å². The first kappa shape index (κ1) is 75.9. The van der Waals surface area contributed by atoms with Crippen LogP contribution in [0.15, 0.2) is 24.3 Å². The number of rotatable bonds is 66. The van der Waals surface area contributed by atoms with Gasteiger partial charge in [-0.3, -0.25) is 14.4 Å². The summed E-state index contributed by atoms with van der Waals surface area (Å²) in [5.74, 6) is -0.839. The summed E-state index contributed by atoms with van der Waals surface area (Å²) in [6, 6.07) is 0. The molecule has 460 valence electrons. The van der Waals surface area contributed by atoms with Gasteiger partial charge in [-0.25, -0.2) is 0 Å². The molecule has 0 bridgehead atoms. The van der Waals surface area contributed by atoms with Gasteiger partial charge in [0.15, 0.2) is 6.10 Å². The highest BCUT2D eigenvalue weighted by Crippen LogP contribution is 2.18. The minimum absolute atomic E-state index is 0.0670. The van der Waals surface area contributed by atoms with E-state index in [0.717, 1.165) is 57.8 Å². The molecule has 0 aromatic rings. The summed E-state index contributed by atoms with van der Waals surface area (Å²) < 4.78 is 17.0. The SMILES string of the molecule is CCCCCCCCC/C=C\CCCCCCCCCC(=O)OC(COC(=O)CCCCCCCCCCCCCCC/C=C\CCCCCCCCCC)COC(=O)CCCCCCCCCCCCCCCCCCC.